The standard InChI is InChI=1S/C8H6ClNS/c1-11-7-4-2-3-6(5-10)8(7)9/h2-4H,1H3. The number of nitrogens with zero attached hydrogens (tertiary/aromatic N) is 1. The van der Waals surface area contributed by atoms with Gasteiger partial charge in [-0.1, -0.05) is 17.7 Å². The van der Waals surface area contributed by atoms with Crippen molar-refractivity contribution in [3.63, 3.8) is 0 Å². The fourth-order valence-electron chi connectivity index (χ4n) is 0.755. The number of rotatable bonds is 1. The molecule has 0 aliphatic carbocycles. The summed E-state index contributed by atoms with van der Waals surface area (Å²) < 4.78 is 0. The van der Waals surface area contributed by atoms with Crippen LogP contribution in [0.3, 0.4) is 0 Å². The zero-order chi connectivity index (χ0) is 8.27. The van der Waals surface area contributed by atoms with E-state index in [1.165, 1.54) is 0 Å². The Balaban J connectivity index is 3.23. The molecule has 0 aliphatic rings. The van der Waals surface area contributed by atoms with Crippen molar-refractivity contribution in [3.8, 4) is 6.07 Å². The normalized spacial score (nSPS) is 9.18. The van der Waals surface area contributed by atoms with Gasteiger partial charge in [0.2, 0.25) is 0 Å². The molecule has 1 nitrogen and oxygen atoms in total. The van der Waals surface area contributed by atoms with Gasteiger partial charge in [-0.15, -0.1) is 11.8 Å². The maximum atomic E-state index is 8.59. The molecule has 0 spiro atoms. The Hall–Kier alpha value is -0.650. The molecule has 0 saturated carbocycles. The lowest BCUT2D eigenvalue weighted by atomic mass is 10.2. The largest absolute Gasteiger partial charge is 0.192 e. The first kappa shape index (κ1) is 8.45. The van der Waals surface area contributed by atoms with E-state index in [1.807, 2.05) is 24.5 Å². The second kappa shape index (κ2) is 3.66. The van der Waals surface area contributed by atoms with Crippen LogP contribution in [0.4, 0.5) is 0 Å². The SMILES string of the molecule is CSc1cccc(C#N)c1Cl. The van der Waals surface area contributed by atoms with Gasteiger partial charge in [0.25, 0.3) is 0 Å². The summed E-state index contributed by atoms with van der Waals surface area (Å²) in [7, 11) is 0. The molecule has 11 heavy (non-hydrogen) atoms. The molecule has 0 radical (unpaired) electrons. The van der Waals surface area contributed by atoms with E-state index in [4.69, 9.17) is 16.9 Å². The van der Waals surface area contributed by atoms with Crippen LogP contribution in [0.1, 0.15) is 5.56 Å². The van der Waals surface area contributed by atoms with Crippen molar-refractivity contribution in [1.82, 2.24) is 0 Å². The van der Waals surface area contributed by atoms with Crippen LogP contribution in [-0.2, 0) is 0 Å². The zero-order valence-corrected chi connectivity index (χ0v) is 7.54. The predicted molar refractivity (Wildman–Crippen MR) is 47.9 cm³/mol. The van der Waals surface area contributed by atoms with Gasteiger partial charge in [-0.25, -0.2) is 0 Å². The molecule has 1 rings (SSSR count). The maximum absolute atomic E-state index is 8.59. The molecule has 56 valence electrons. The predicted octanol–water partition coefficient (Wildman–Crippen LogP) is 2.93. The van der Waals surface area contributed by atoms with Crippen molar-refractivity contribution in [2.45, 2.75) is 4.90 Å². The van der Waals surface area contributed by atoms with Crippen LogP contribution >= 0.6 is 23.4 Å². The van der Waals surface area contributed by atoms with E-state index in [0.717, 1.165) is 4.90 Å². The van der Waals surface area contributed by atoms with Gasteiger partial charge in [0.15, 0.2) is 0 Å². The lowest BCUT2D eigenvalue weighted by molar-refractivity contribution is 1.41. The van der Waals surface area contributed by atoms with Crippen molar-refractivity contribution in [1.29, 1.82) is 5.26 Å². The topological polar surface area (TPSA) is 23.8 Å². The molecular weight excluding hydrogens is 178 g/mol. The molecule has 0 atom stereocenters. The van der Waals surface area contributed by atoms with Gasteiger partial charge >= 0.3 is 0 Å². The summed E-state index contributed by atoms with van der Waals surface area (Å²) in [6.45, 7) is 0. The van der Waals surface area contributed by atoms with Gasteiger partial charge in [-0.2, -0.15) is 5.26 Å². The third-order valence-corrected chi connectivity index (χ3v) is 2.60. The number of hydrogen-bond acceptors (Lipinski definition) is 2. The highest BCUT2D eigenvalue weighted by molar-refractivity contribution is 7.98. The van der Waals surface area contributed by atoms with Crippen LogP contribution in [0.15, 0.2) is 23.1 Å². The van der Waals surface area contributed by atoms with Crippen molar-refractivity contribution < 1.29 is 0 Å². The lowest BCUT2D eigenvalue weighted by Gasteiger charge is -1.99. The van der Waals surface area contributed by atoms with Crippen LogP contribution in [0, 0.1) is 11.3 Å². The third kappa shape index (κ3) is 1.68. The van der Waals surface area contributed by atoms with Gasteiger partial charge in [-0.05, 0) is 18.4 Å². The molecule has 3 heteroatoms. The number of nitriles is 1. The fraction of sp³-hybridized carbons (Fsp3) is 0.125. The Morgan fingerprint density at radius 3 is 2.82 bits per heavy atom. The fourth-order valence-corrected chi connectivity index (χ4v) is 1.66. The van der Waals surface area contributed by atoms with Crippen LogP contribution in [0.5, 0.6) is 0 Å². The van der Waals surface area contributed by atoms with Crippen LogP contribution in [-0.4, -0.2) is 6.26 Å². The zero-order valence-electron chi connectivity index (χ0n) is 5.97. The summed E-state index contributed by atoms with van der Waals surface area (Å²) in [5, 5.41) is 9.15. The summed E-state index contributed by atoms with van der Waals surface area (Å²) >= 11 is 7.41. The molecule has 1 aromatic carbocycles. The molecule has 0 unspecified atom stereocenters. The average Bonchev–Trinajstić information content (AvgIpc) is 2.05. The van der Waals surface area contributed by atoms with E-state index >= 15 is 0 Å². The van der Waals surface area contributed by atoms with Gasteiger partial charge in [0.05, 0.1) is 10.6 Å². The lowest BCUT2D eigenvalue weighted by Crippen LogP contribution is -1.78. The minimum atomic E-state index is 0.540. The van der Waals surface area contributed by atoms with Gasteiger partial charge in [0.1, 0.15) is 6.07 Å². The van der Waals surface area contributed by atoms with Crippen molar-refractivity contribution in [3.05, 3.63) is 28.8 Å². The molecule has 0 heterocycles. The highest BCUT2D eigenvalue weighted by Crippen LogP contribution is 2.27. The van der Waals surface area contributed by atoms with E-state index in [1.54, 1.807) is 17.8 Å². The highest BCUT2D eigenvalue weighted by atomic mass is 35.5. The summed E-state index contributed by atoms with van der Waals surface area (Å²) in [6.07, 6.45) is 1.93. The molecular formula is C8H6ClNS. The average molecular weight is 184 g/mol. The van der Waals surface area contributed by atoms with Crippen LogP contribution in [0.2, 0.25) is 5.02 Å². The van der Waals surface area contributed by atoms with Crippen LogP contribution in [0.25, 0.3) is 0 Å². The second-order valence-electron chi connectivity index (χ2n) is 1.93. The Labute approximate surface area is 75.0 Å². The summed E-state index contributed by atoms with van der Waals surface area (Å²) in [5.41, 5.74) is 0.540. The van der Waals surface area contributed by atoms with Gasteiger partial charge < -0.3 is 0 Å². The first-order valence-corrected chi connectivity index (χ1v) is 4.62. The molecule has 0 bridgehead atoms. The molecule has 0 aromatic heterocycles. The number of halogens is 1. The van der Waals surface area contributed by atoms with E-state index < -0.39 is 0 Å². The van der Waals surface area contributed by atoms with Crippen molar-refractivity contribution >= 4 is 23.4 Å². The Morgan fingerprint density at radius 1 is 1.55 bits per heavy atom. The maximum Gasteiger partial charge on any atom is 0.101 e. The van der Waals surface area contributed by atoms with E-state index in [9.17, 15) is 0 Å². The number of hydrogen-bond donors (Lipinski definition) is 0. The summed E-state index contributed by atoms with van der Waals surface area (Å²) in [4.78, 5) is 0.950. The summed E-state index contributed by atoms with van der Waals surface area (Å²) in [5.74, 6) is 0. The second-order valence-corrected chi connectivity index (χ2v) is 3.16. The van der Waals surface area contributed by atoms with E-state index in [2.05, 4.69) is 0 Å². The highest BCUT2D eigenvalue weighted by Gasteiger charge is 2.02. The number of benzene rings is 1. The minimum Gasteiger partial charge on any atom is -0.192 e. The molecule has 1 aromatic rings. The first-order valence-electron chi connectivity index (χ1n) is 3.02. The quantitative estimate of drug-likeness (QED) is 0.626. The summed E-state index contributed by atoms with van der Waals surface area (Å²) in [6, 6.07) is 7.46. The Bertz CT molecular complexity index is 303. The minimum absolute atomic E-state index is 0.540. The molecule has 0 fully saturated rings. The molecule has 0 aliphatic heterocycles. The van der Waals surface area contributed by atoms with Crippen molar-refractivity contribution in [2.75, 3.05) is 6.26 Å². The van der Waals surface area contributed by atoms with E-state index in [-0.39, 0.29) is 0 Å². The molecule has 0 amide bonds. The molecule has 0 saturated heterocycles. The monoisotopic (exact) mass is 183 g/mol. The Kier molecular flexibility index (Phi) is 2.81. The Morgan fingerprint density at radius 2 is 2.27 bits per heavy atom. The number of thioether (sulfide) groups is 1. The van der Waals surface area contributed by atoms with Gasteiger partial charge in [-0.3, -0.25) is 0 Å². The van der Waals surface area contributed by atoms with E-state index in [0.29, 0.717) is 10.6 Å². The smallest absolute Gasteiger partial charge is 0.101 e. The van der Waals surface area contributed by atoms with Crippen LogP contribution < -0.4 is 0 Å². The van der Waals surface area contributed by atoms with Gasteiger partial charge in [0, 0.05) is 4.90 Å². The first-order chi connectivity index (χ1) is 5.29. The molecule has 0 N–H and O–H groups in total. The third-order valence-electron chi connectivity index (χ3n) is 1.30. The van der Waals surface area contributed by atoms with Crippen molar-refractivity contribution in [2.24, 2.45) is 0 Å².